The Kier molecular flexibility index (Phi) is 19.2. The lowest BCUT2D eigenvalue weighted by Crippen LogP contribution is -2.30. The monoisotopic (exact) mass is 606 g/mol. The molecule has 0 aliphatic carbocycles. The number of cyclic esters (lactones) is 1. The second kappa shape index (κ2) is 21.4. The van der Waals surface area contributed by atoms with E-state index in [1.165, 1.54) is 12.2 Å². The van der Waals surface area contributed by atoms with Crippen LogP contribution in [0.4, 0.5) is 0 Å². The highest BCUT2D eigenvalue weighted by atomic mass is 16.5. The van der Waals surface area contributed by atoms with E-state index < -0.39 is 54.8 Å². The Labute approximate surface area is 256 Å². The summed E-state index contributed by atoms with van der Waals surface area (Å²) in [6.45, 7) is 7.56. The topological polar surface area (TPSA) is 168 Å². The molecule has 0 saturated heterocycles. The van der Waals surface area contributed by atoms with Crippen LogP contribution in [0.1, 0.15) is 66.2 Å². The van der Waals surface area contributed by atoms with Gasteiger partial charge in [0.2, 0.25) is 0 Å². The lowest BCUT2D eigenvalue weighted by Gasteiger charge is -2.25. The lowest BCUT2D eigenvalue weighted by atomic mass is 9.93. The Morgan fingerprint density at radius 3 is 1.53 bits per heavy atom. The molecule has 1 rings (SSSR count). The zero-order chi connectivity index (χ0) is 32.4. The van der Waals surface area contributed by atoms with Gasteiger partial charge >= 0.3 is 5.97 Å². The summed E-state index contributed by atoms with van der Waals surface area (Å²) in [5.41, 5.74) is 0. The molecular formula is C34H54O9. The molecule has 0 saturated carbocycles. The molecule has 1 aliphatic rings. The Hall–Kier alpha value is -2.37. The van der Waals surface area contributed by atoms with E-state index in [2.05, 4.69) is 0 Å². The van der Waals surface area contributed by atoms with Gasteiger partial charge in [-0.3, -0.25) is 0 Å². The number of esters is 1. The van der Waals surface area contributed by atoms with Gasteiger partial charge in [0.05, 0.1) is 42.7 Å². The van der Waals surface area contributed by atoms with Gasteiger partial charge in [0.15, 0.2) is 0 Å². The molecule has 0 aromatic rings. The summed E-state index contributed by atoms with van der Waals surface area (Å²) in [5.74, 6) is -0.922. The maximum atomic E-state index is 12.4. The largest absolute Gasteiger partial charge is 0.458 e. The van der Waals surface area contributed by atoms with E-state index in [0.29, 0.717) is 0 Å². The normalized spacial score (nSPS) is 40.0. The molecule has 0 spiro atoms. The van der Waals surface area contributed by atoms with Crippen LogP contribution >= 0.6 is 0 Å². The summed E-state index contributed by atoms with van der Waals surface area (Å²) in [7, 11) is 0. The molecule has 1 aliphatic heterocycles. The summed E-state index contributed by atoms with van der Waals surface area (Å²) < 4.78 is 5.65. The van der Waals surface area contributed by atoms with Crippen LogP contribution in [0.3, 0.4) is 0 Å². The molecule has 0 radical (unpaired) electrons. The molecule has 1 unspecified atom stereocenters. The van der Waals surface area contributed by atoms with Crippen molar-refractivity contribution in [1.29, 1.82) is 0 Å². The van der Waals surface area contributed by atoms with Crippen LogP contribution in [0.25, 0.3) is 0 Å². The Morgan fingerprint density at radius 2 is 1.02 bits per heavy atom. The van der Waals surface area contributed by atoms with E-state index in [-0.39, 0.29) is 56.3 Å². The zero-order valence-corrected chi connectivity index (χ0v) is 26.0. The SMILES string of the molecule is CC(C)C1OC(=O)/C=C/C=C/C=C/C=C/C=C/[C@H](C)[C@H](O)C[C@H](O)C[C@H](O)C[C@@H](O)C[C@H](O)C[C@@H](O)C[C@@H](O)/C=C/[C@@H]1C. The zero-order valence-electron chi connectivity index (χ0n) is 26.0. The molecule has 0 fully saturated rings. The molecule has 9 heteroatoms. The molecule has 244 valence electrons. The van der Waals surface area contributed by atoms with E-state index in [1.54, 1.807) is 48.6 Å². The highest BCUT2D eigenvalue weighted by Crippen LogP contribution is 2.21. The van der Waals surface area contributed by atoms with Crippen molar-refractivity contribution in [1.82, 2.24) is 0 Å². The number of allylic oxidation sites excluding steroid dienone is 8. The minimum absolute atomic E-state index is 0.0164. The fourth-order valence-electron chi connectivity index (χ4n) is 4.91. The quantitative estimate of drug-likeness (QED) is 0.175. The molecular weight excluding hydrogens is 552 g/mol. The minimum atomic E-state index is -1.07. The molecule has 0 bridgehead atoms. The van der Waals surface area contributed by atoms with Gasteiger partial charge in [0.1, 0.15) is 6.10 Å². The fourth-order valence-corrected chi connectivity index (χ4v) is 4.91. The Morgan fingerprint density at radius 1 is 0.581 bits per heavy atom. The number of carbonyl (C=O) groups excluding carboxylic acids is 1. The number of hydrogen-bond donors (Lipinski definition) is 7. The summed E-state index contributed by atoms with van der Waals surface area (Å²) >= 11 is 0. The second-order valence-electron chi connectivity index (χ2n) is 12.0. The third-order valence-electron chi connectivity index (χ3n) is 7.30. The number of aliphatic hydroxyl groups is 7. The molecule has 1 heterocycles. The third kappa shape index (κ3) is 18.1. The average molecular weight is 607 g/mol. The highest BCUT2D eigenvalue weighted by Gasteiger charge is 2.25. The summed E-state index contributed by atoms with van der Waals surface area (Å²) in [6.07, 6.45) is 12.8. The van der Waals surface area contributed by atoms with Crippen molar-refractivity contribution < 1.29 is 45.3 Å². The van der Waals surface area contributed by atoms with E-state index in [1.807, 2.05) is 39.8 Å². The number of carbonyl (C=O) groups is 1. The summed E-state index contributed by atoms with van der Waals surface area (Å²) in [6, 6.07) is 0. The third-order valence-corrected chi connectivity index (χ3v) is 7.30. The van der Waals surface area contributed by atoms with Crippen LogP contribution in [0.5, 0.6) is 0 Å². The van der Waals surface area contributed by atoms with Crippen LogP contribution in [-0.4, -0.2) is 90.5 Å². The van der Waals surface area contributed by atoms with E-state index >= 15 is 0 Å². The lowest BCUT2D eigenvalue weighted by molar-refractivity contribution is -0.147. The maximum absolute atomic E-state index is 12.4. The molecule has 0 aromatic heterocycles. The summed E-state index contributed by atoms with van der Waals surface area (Å²) in [5, 5.41) is 72.4. The van der Waals surface area contributed by atoms with Crippen LogP contribution in [0.15, 0.2) is 72.9 Å². The first-order chi connectivity index (χ1) is 20.3. The average Bonchev–Trinajstić information content (AvgIpc) is 2.89. The van der Waals surface area contributed by atoms with Crippen molar-refractivity contribution in [3.63, 3.8) is 0 Å². The second-order valence-corrected chi connectivity index (χ2v) is 12.0. The predicted octanol–water partition coefficient (Wildman–Crippen LogP) is 3.04. The molecule has 7 N–H and O–H groups in total. The number of hydrogen-bond acceptors (Lipinski definition) is 9. The standard InChI is InChI=1S/C34H54O9/c1-23(2)34-25(4)15-16-26(35)17-27(36)18-28(37)19-29(38)20-30(39)21-31(40)22-32(41)24(3)13-11-9-7-5-6-8-10-12-14-33(42)43-34/h5-16,23-32,34-41H,17-22H2,1-4H3/b6-5+,9-7+,10-8+,13-11+,14-12+,16-15+/t24-,25-,26-,27-,28+,29-,30+,31+,32+,34?/m0/s1. The first kappa shape index (κ1) is 38.7. The van der Waals surface area contributed by atoms with Gasteiger partial charge in [-0.05, 0) is 38.0 Å². The number of rotatable bonds is 1. The smallest absolute Gasteiger partial charge is 0.331 e. The maximum Gasteiger partial charge on any atom is 0.331 e. The minimum Gasteiger partial charge on any atom is -0.458 e. The van der Waals surface area contributed by atoms with Gasteiger partial charge < -0.3 is 40.5 Å². The molecule has 0 aromatic carbocycles. The van der Waals surface area contributed by atoms with E-state index in [0.717, 1.165) is 0 Å². The Bertz CT molecular complexity index is 952. The van der Waals surface area contributed by atoms with Crippen molar-refractivity contribution in [2.75, 3.05) is 0 Å². The number of ether oxygens (including phenoxy) is 1. The van der Waals surface area contributed by atoms with Crippen molar-refractivity contribution in [2.24, 2.45) is 17.8 Å². The number of aliphatic hydroxyl groups excluding tert-OH is 7. The highest BCUT2D eigenvalue weighted by molar-refractivity contribution is 5.82. The van der Waals surface area contributed by atoms with Gasteiger partial charge in [-0.15, -0.1) is 0 Å². The van der Waals surface area contributed by atoms with Gasteiger partial charge in [-0.25, -0.2) is 4.79 Å². The van der Waals surface area contributed by atoms with Crippen LogP contribution < -0.4 is 0 Å². The van der Waals surface area contributed by atoms with E-state index in [9.17, 15) is 40.5 Å². The van der Waals surface area contributed by atoms with Crippen molar-refractivity contribution in [2.45, 2.75) is 115 Å². The molecule has 43 heavy (non-hydrogen) atoms. The molecule has 9 nitrogen and oxygen atoms in total. The molecule has 0 amide bonds. The van der Waals surface area contributed by atoms with Crippen LogP contribution in [-0.2, 0) is 9.53 Å². The summed E-state index contributed by atoms with van der Waals surface area (Å²) in [4.78, 5) is 12.4. The van der Waals surface area contributed by atoms with Gasteiger partial charge in [-0.1, -0.05) is 94.5 Å². The van der Waals surface area contributed by atoms with Crippen molar-refractivity contribution in [3.05, 3.63) is 72.9 Å². The van der Waals surface area contributed by atoms with Crippen LogP contribution in [0, 0.1) is 17.8 Å². The first-order valence-electron chi connectivity index (χ1n) is 15.3. The fraction of sp³-hybridized carbons (Fsp3) is 0.618. The van der Waals surface area contributed by atoms with Gasteiger partial charge in [-0.2, -0.15) is 0 Å². The Balaban J connectivity index is 2.98. The van der Waals surface area contributed by atoms with E-state index in [4.69, 9.17) is 4.74 Å². The molecule has 10 atom stereocenters. The predicted molar refractivity (Wildman–Crippen MR) is 168 cm³/mol. The van der Waals surface area contributed by atoms with Crippen molar-refractivity contribution >= 4 is 5.97 Å². The van der Waals surface area contributed by atoms with Crippen molar-refractivity contribution in [3.8, 4) is 0 Å². The van der Waals surface area contributed by atoms with Gasteiger partial charge in [0.25, 0.3) is 0 Å². The van der Waals surface area contributed by atoms with Crippen LogP contribution in [0.2, 0.25) is 0 Å². The van der Waals surface area contributed by atoms with Gasteiger partial charge in [0, 0.05) is 24.3 Å². The first-order valence-corrected chi connectivity index (χ1v) is 15.3.